The topological polar surface area (TPSA) is 71.8 Å². The van der Waals surface area contributed by atoms with Crippen molar-refractivity contribution in [3.63, 3.8) is 0 Å². The normalized spacial score (nSPS) is 11.3. The number of rotatable bonds is 9. The van der Waals surface area contributed by atoms with Gasteiger partial charge in [-0.1, -0.05) is 39.3 Å². The first-order valence-corrected chi connectivity index (χ1v) is 11.1. The van der Waals surface area contributed by atoms with Crippen molar-refractivity contribution in [2.75, 3.05) is 26.0 Å². The molecular weight excluding hydrogens is 404 g/mol. The van der Waals surface area contributed by atoms with Crippen molar-refractivity contribution in [1.29, 1.82) is 0 Å². The quantitative estimate of drug-likeness (QED) is 0.473. The van der Waals surface area contributed by atoms with Gasteiger partial charge in [0.2, 0.25) is 0 Å². The van der Waals surface area contributed by atoms with E-state index in [0.717, 1.165) is 36.3 Å². The first kappa shape index (κ1) is 23.5. The maximum absolute atomic E-state index is 12.8. The zero-order valence-electron chi connectivity index (χ0n) is 19.5. The van der Waals surface area contributed by atoms with Crippen molar-refractivity contribution in [2.24, 2.45) is 5.92 Å². The van der Waals surface area contributed by atoms with Crippen molar-refractivity contribution in [3.8, 4) is 5.75 Å². The Morgan fingerprint density at radius 1 is 1.12 bits per heavy atom. The molecule has 0 spiro atoms. The van der Waals surface area contributed by atoms with E-state index in [4.69, 9.17) is 9.15 Å². The van der Waals surface area contributed by atoms with Crippen LogP contribution in [-0.2, 0) is 13.0 Å². The van der Waals surface area contributed by atoms with Crippen LogP contribution in [0.3, 0.4) is 0 Å². The van der Waals surface area contributed by atoms with Crippen molar-refractivity contribution < 1.29 is 13.9 Å². The number of carbonyl (C=O) groups is 1. The minimum Gasteiger partial charge on any atom is -0.493 e. The molecular formula is C26H32N2O4. The van der Waals surface area contributed by atoms with Crippen LogP contribution in [0.1, 0.15) is 48.7 Å². The van der Waals surface area contributed by atoms with Crippen LogP contribution in [0.4, 0.5) is 5.69 Å². The third-order valence-corrected chi connectivity index (χ3v) is 4.99. The van der Waals surface area contributed by atoms with Crippen LogP contribution in [0.5, 0.6) is 5.75 Å². The molecule has 0 radical (unpaired) electrons. The molecule has 32 heavy (non-hydrogen) atoms. The van der Waals surface area contributed by atoms with Crippen LogP contribution in [0, 0.1) is 5.92 Å². The number of aryl methyl sites for hydroxylation is 1. The molecule has 0 aliphatic rings. The number of ether oxygens (including phenoxy) is 1. The van der Waals surface area contributed by atoms with Gasteiger partial charge < -0.3 is 19.4 Å². The average Bonchev–Trinajstić information content (AvgIpc) is 2.74. The van der Waals surface area contributed by atoms with E-state index >= 15 is 0 Å². The summed E-state index contributed by atoms with van der Waals surface area (Å²) in [7, 11) is 4.00. The van der Waals surface area contributed by atoms with Crippen LogP contribution in [0.25, 0.3) is 11.0 Å². The molecule has 0 aliphatic carbocycles. The first-order chi connectivity index (χ1) is 15.3. The molecule has 3 rings (SSSR count). The Hall–Kier alpha value is -3.12. The van der Waals surface area contributed by atoms with Gasteiger partial charge in [0.25, 0.3) is 5.91 Å². The van der Waals surface area contributed by atoms with E-state index < -0.39 is 11.5 Å². The highest BCUT2D eigenvalue weighted by Gasteiger charge is 2.18. The highest BCUT2D eigenvalue weighted by molar-refractivity contribution is 6.05. The van der Waals surface area contributed by atoms with Gasteiger partial charge in [0.05, 0.1) is 6.61 Å². The summed E-state index contributed by atoms with van der Waals surface area (Å²) in [5.74, 6) is 0.625. The van der Waals surface area contributed by atoms with Gasteiger partial charge in [0.15, 0.2) is 0 Å². The second-order valence-electron chi connectivity index (χ2n) is 8.75. The summed E-state index contributed by atoms with van der Waals surface area (Å²) >= 11 is 0. The summed E-state index contributed by atoms with van der Waals surface area (Å²) in [6.07, 6.45) is 1.60. The van der Waals surface area contributed by atoms with Crippen LogP contribution in [0.15, 0.2) is 51.7 Å². The maximum atomic E-state index is 12.8. The van der Waals surface area contributed by atoms with Crippen LogP contribution in [0.2, 0.25) is 0 Å². The number of fused-ring (bicyclic) bond motifs is 1. The minimum absolute atomic E-state index is 0.0202. The second-order valence-corrected chi connectivity index (χ2v) is 8.75. The number of hydrogen-bond donors (Lipinski definition) is 1. The lowest BCUT2D eigenvalue weighted by Crippen LogP contribution is -2.21. The predicted octanol–water partition coefficient (Wildman–Crippen LogP) is 5.09. The van der Waals surface area contributed by atoms with E-state index in [1.54, 1.807) is 6.07 Å². The van der Waals surface area contributed by atoms with E-state index in [0.29, 0.717) is 29.2 Å². The van der Waals surface area contributed by atoms with Gasteiger partial charge in [-0.25, -0.2) is 4.79 Å². The summed E-state index contributed by atoms with van der Waals surface area (Å²) in [6.45, 7) is 7.63. The molecule has 0 saturated heterocycles. The minimum atomic E-state index is -0.655. The number of carbonyl (C=O) groups excluding carboxylic acids is 1. The summed E-state index contributed by atoms with van der Waals surface area (Å²) in [5, 5.41) is 3.50. The number of nitrogens with zero attached hydrogens (tertiary/aromatic N) is 1. The van der Waals surface area contributed by atoms with E-state index in [1.165, 1.54) is 0 Å². The van der Waals surface area contributed by atoms with Crippen LogP contribution < -0.4 is 15.7 Å². The number of anilines is 1. The molecule has 170 valence electrons. The summed E-state index contributed by atoms with van der Waals surface area (Å²) < 4.78 is 11.6. The van der Waals surface area contributed by atoms with Gasteiger partial charge in [-0.05, 0) is 62.3 Å². The lowest BCUT2D eigenvalue weighted by atomic mass is 10.0. The molecule has 0 unspecified atom stereocenters. The number of hydrogen-bond acceptors (Lipinski definition) is 5. The van der Waals surface area contributed by atoms with E-state index in [1.807, 2.05) is 50.5 Å². The highest BCUT2D eigenvalue weighted by Crippen LogP contribution is 2.29. The molecule has 1 amide bonds. The van der Waals surface area contributed by atoms with Gasteiger partial charge in [-0.2, -0.15) is 0 Å². The largest absolute Gasteiger partial charge is 0.493 e. The Kier molecular flexibility index (Phi) is 7.70. The van der Waals surface area contributed by atoms with E-state index in [9.17, 15) is 9.59 Å². The Bertz CT molecular complexity index is 1130. The molecule has 0 atom stereocenters. The fourth-order valence-corrected chi connectivity index (χ4v) is 3.52. The van der Waals surface area contributed by atoms with Crippen LogP contribution >= 0.6 is 0 Å². The van der Waals surface area contributed by atoms with Gasteiger partial charge in [0, 0.05) is 23.2 Å². The molecule has 6 nitrogen and oxygen atoms in total. The monoisotopic (exact) mass is 436 g/mol. The molecule has 1 aromatic heterocycles. The molecule has 1 N–H and O–H groups in total. The van der Waals surface area contributed by atoms with Crippen molar-refractivity contribution in [2.45, 2.75) is 40.2 Å². The number of amides is 1. The molecule has 0 aliphatic heterocycles. The molecule has 2 aromatic carbocycles. The Balaban J connectivity index is 1.89. The lowest BCUT2D eigenvalue weighted by Gasteiger charge is -2.15. The molecule has 0 fully saturated rings. The predicted molar refractivity (Wildman–Crippen MR) is 129 cm³/mol. The van der Waals surface area contributed by atoms with Crippen molar-refractivity contribution in [3.05, 3.63) is 69.6 Å². The third-order valence-electron chi connectivity index (χ3n) is 4.99. The van der Waals surface area contributed by atoms with E-state index in [2.05, 4.69) is 31.0 Å². The van der Waals surface area contributed by atoms with Gasteiger partial charge in [-0.15, -0.1) is 0 Å². The van der Waals surface area contributed by atoms with Gasteiger partial charge in [0.1, 0.15) is 16.9 Å². The van der Waals surface area contributed by atoms with Crippen LogP contribution in [-0.4, -0.2) is 31.5 Å². The zero-order valence-corrected chi connectivity index (χ0v) is 19.5. The first-order valence-electron chi connectivity index (χ1n) is 11.1. The fourth-order valence-electron chi connectivity index (χ4n) is 3.52. The fraction of sp³-hybridized carbons (Fsp3) is 0.385. The number of nitrogens with one attached hydrogen (secondary N) is 1. The Morgan fingerprint density at radius 2 is 1.84 bits per heavy atom. The molecule has 3 aromatic rings. The highest BCUT2D eigenvalue weighted by atomic mass is 16.5. The standard InChI is InChI=1S/C26H32N2O4/c1-6-7-21-23(31-16-17(2)3)13-10-19-14-22(26(30)32-24(19)21)25(29)27-20-11-8-18(9-12-20)15-28(4)5/h8-14,17H,6-7,15-16H2,1-5H3,(H,27,29). The molecule has 0 bridgehead atoms. The SMILES string of the molecule is CCCc1c(OCC(C)C)ccc2cc(C(=O)Nc3ccc(CN(C)C)cc3)c(=O)oc12. The summed E-state index contributed by atoms with van der Waals surface area (Å²) in [6, 6.07) is 12.9. The van der Waals surface area contributed by atoms with E-state index in [-0.39, 0.29) is 5.56 Å². The summed E-state index contributed by atoms with van der Waals surface area (Å²) in [4.78, 5) is 27.6. The molecule has 0 saturated carbocycles. The number of benzene rings is 2. The molecule has 1 heterocycles. The maximum Gasteiger partial charge on any atom is 0.349 e. The third kappa shape index (κ3) is 5.77. The second kappa shape index (κ2) is 10.5. The van der Waals surface area contributed by atoms with Crippen molar-refractivity contribution in [1.82, 2.24) is 4.90 Å². The average molecular weight is 437 g/mol. The molecule has 6 heteroatoms. The Morgan fingerprint density at radius 3 is 2.47 bits per heavy atom. The summed E-state index contributed by atoms with van der Waals surface area (Å²) in [5.41, 5.74) is 2.44. The zero-order chi connectivity index (χ0) is 23.3. The van der Waals surface area contributed by atoms with Crippen molar-refractivity contribution >= 4 is 22.6 Å². The van der Waals surface area contributed by atoms with Gasteiger partial charge >= 0.3 is 5.63 Å². The lowest BCUT2D eigenvalue weighted by molar-refractivity contribution is 0.102. The van der Waals surface area contributed by atoms with Gasteiger partial charge in [-0.3, -0.25) is 4.79 Å². The Labute approximate surface area is 189 Å². The smallest absolute Gasteiger partial charge is 0.349 e.